The summed E-state index contributed by atoms with van der Waals surface area (Å²) in [6.07, 6.45) is 7.52. The van der Waals surface area contributed by atoms with E-state index in [-0.39, 0.29) is 40.6 Å². The van der Waals surface area contributed by atoms with Crippen molar-refractivity contribution < 1.29 is 19.4 Å². The van der Waals surface area contributed by atoms with Gasteiger partial charge in [0.15, 0.2) is 0 Å². The molecule has 5 heteroatoms. The van der Waals surface area contributed by atoms with Crippen LogP contribution in [0.3, 0.4) is 0 Å². The number of benzene rings is 1. The smallest absolute Gasteiger partial charge is 0.334 e. The van der Waals surface area contributed by atoms with Crippen molar-refractivity contribution in [2.24, 2.45) is 23.0 Å². The molecule has 29 heavy (non-hydrogen) atoms. The normalized spacial score (nSPS) is 38.9. The van der Waals surface area contributed by atoms with Crippen molar-refractivity contribution in [1.82, 2.24) is 0 Å². The summed E-state index contributed by atoms with van der Waals surface area (Å²) in [5.74, 6) is -0.750. The van der Waals surface area contributed by atoms with Crippen LogP contribution in [0.1, 0.15) is 86.5 Å². The van der Waals surface area contributed by atoms with Gasteiger partial charge in [-0.15, -0.1) is 0 Å². The zero-order chi connectivity index (χ0) is 20.5. The van der Waals surface area contributed by atoms with Gasteiger partial charge in [0.05, 0.1) is 5.57 Å². The highest BCUT2D eigenvalue weighted by molar-refractivity contribution is 5.89. The SMILES string of the molecule is C[C@]12CCC[C@@H](N)C1CC(c1ccc3c(c1F)C(C1CC1)C=C(C(=O)O)C3O)C2. The lowest BCUT2D eigenvalue weighted by atomic mass is 9.67. The van der Waals surface area contributed by atoms with Crippen LogP contribution in [0.5, 0.6) is 0 Å². The summed E-state index contributed by atoms with van der Waals surface area (Å²) in [6.45, 7) is 2.31. The van der Waals surface area contributed by atoms with E-state index in [1.807, 2.05) is 0 Å². The second-order valence-electron chi connectivity index (χ2n) is 10.1. The summed E-state index contributed by atoms with van der Waals surface area (Å²) >= 11 is 0. The Bertz CT molecular complexity index is 892. The summed E-state index contributed by atoms with van der Waals surface area (Å²) in [5.41, 5.74) is 8.29. The van der Waals surface area contributed by atoms with Gasteiger partial charge in [0.25, 0.3) is 0 Å². The van der Waals surface area contributed by atoms with Crippen LogP contribution in [0.25, 0.3) is 0 Å². The summed E-state index contributed by atoms with van der Waals surface area (Å²) in [5, 5.41) is 20.1. The Balaban J connectivity index is 1.55. The van der Waals surface area contributed by atoms with E-state index in [9.17, 15) is 15.0 Å². The van der Waals surface area contributed by atoms with Crippen molar-refractivity contribution in [3.8, 4) is 0 Å². The van der Waals surface area contributed by atoms with E-state index < -0.39 is 12.1 Å². The Labute approximate surface area is 171 Å². The second kappa shape index (κ2) is 6.64. The third-order valence-electron chi connectivity index (χ3n) is 8.29. The molecule has 4 aliphatic rings. The van der Waals surface area contributed by atoms with Crippen LogP contribution >= 0.6 is 0 Å². The van der Waals surface area contributed by atoms with Crippen LogP contribution in [0.4, 0.5) is 4.39 Å². The van der Waals surface area contributed by atoms with Crippen LogP contribution in [0.2, 0.25) is 0 Å². The van der Waals surface area contributed by atoms with E-state index in [4.69, 9.17) is 5.73 Å². The van der Waals surface area contributed by atoms with E-state index in [1.165, 1.54) is 0 Å². The number of halogens is 1. The highest BCUT2D eigenvalue weighted by atomic mass is 19.1. The predicted molar refractivity (Wildman–Crippen MR) is 108 cm³/mol. The number of hydrogen-bond acceptors (Lipinski definition) is 3. The lowest BCUT2D eigenvalue weighted by Gasteiger charge is -2.40. The molecule has 0 radical (unpaired) electrons. The second-order valence-corrected chi connectivity index (χ2v) is 10.1. The number of hydrogen-bond donors (Lipinski definition) is 3. The standard InChI is InChI=1S/C24H30FNO3/c1-24-8-2-3-19(26)18(24)9-13(11-24)14-6-7-15-20(21(14)25)16(12-4-5-12)10-17(22(15)27)23(28)29/h6-7,10,12-13,16,18-19,22,27H,2-5,8-9,11,26H2,1H3,(H,28,29)/t13?,16?,18?,19-,22?,24-/m1/s1. The topological polar surface area (TPSA) is 83.6 Å². The average molecular weight is 400 g/mol. The molecule has 0 aliphatic heterocycles. The van der Waals surface area contributed by atoms with Gasteiger partial charge in [-0.2, -0.15) is 0 Å². The molecule has 0 bridgehead atoms. The lowest BCUT2D eigenvalue weighted by molar-refractivity contribution is -0.133. The molecule has 3 saturated carbocycles. The Kier molecular flexibility index (Phi) is 4.41. The highest BCUT2D eigenvalue weighted by Crippen LogP contribution is 2.58. The number of carbonyl (C=O) groups is 1. The molecule has 1 aromatic carbocycles. The molecular weight excluding hydrogens is 369 g/mol. The molecule has 3 fully saturated rings. The molecule has 0 saturated heterocycles. The molecule has 4 aliphatic carbocycles. The van der Waals surface area contributed by atoms with E-state index in [0.29, 0.717) is 17.0 Å². The van der Waals surface area contributed by atoms with Gasteiger partial charge in [-0.25, -0.2) is 9.18 Å². The number of allylic oxidation sites excluding steroid dienone is 1. The number of aliphatic carboxylic acids is 1. The van der Waals surface area contributed by atoms with Crippen LogP contribution in [-0.4, -0.2) is 22.2 Å². The maximum Gasteiger partial charge on any atom is 0.334 e. The Morgan fingerprint density at radius 2 is 1.97 bits per heavy atom. The minimum Gasteiger partial charge on any atom is -0.478 e. The molecule has 156 valence electrons. The summed E-state index contributed by atoms with van der Waals surface area (Å²) in [4.78, 5) is 11.6. The quantitative estimate of drug-likeness (QED) is 0.704. The van der Waals surface area contributed by atoms with E-state index >= 15 is 4.39 Å². The molecule has 6 atom stereocenters. The number of aliphatic hydroxyl groups is 1. The van der Waals surface area contributed by atoms with E-state index in [2.05, 4.69) is 6.92 Å². The molecule has 4 N–H and O–H groups in total. The first-order valence-corrected chi connectivity index (χ1v) is 11.0. The maximum absolute atomic E-state index is 15.9. The zero-order valence-corrected chi connectivity index (χ0v) is 16.9. The van der Waals surface area contributed by atoms with Gasteiger partial charge in [0.1, 0.15) is 11.9 Å². The number of carboxylic acid groups (broad SMARTS) is 1. The first-order chi connectivity index (χ1) is 13.8. The highest BCUT2D eigenvalue weighted by Gasteiger charge is 2.49. The van der Waals surface area contributed by atoms with Gasteiger partial charge in [0.2, 0.25) is 0 Å². The summed E-state index contributed by atoms with van der Waals surface area (Å²) < 4.78 is 15.9. The molecule has 5 rings (SSSR count). The molecule has 0 amide bonds. The summed E-state index contributed by atoms with van der Waals surface area (Å²) in [7, 11) is 0. The summed E-state index contributed by atoms with van der Waals surface area (Å²) in [6, 6.07) is 3.76. The van der Waals surface area contributed by atoms with Crippen molar-refractivity contribution in [3.63, 3.8) is 0 Å². The Hall–Kier alpha value is -1.72. The largest absolute Gasteiger partial charge is 0.478 e. The minimum absolute atomic E-state index is 0.0214. The van der Waals surface area contributed by atoms with Gasteiger partial charge >= 0.3 is 5.97 Å². The first kappa shape index (κ1) is 19.3. The van der Waals surface area contributed by atoms with Crippen LogP contribution in [0, 0.1) is 23.1 Å². The fourth-order valence-corrected chi connectivity index (χ4v) is 6.62. The number of rotatable bonds is 3. The maximum atomic E-state index is 15.9. The number of nitrogens with two attached hydrogens (primary N) is 1. The van der Waals surface area contributed by atoms with Crippen molar-refractivity contribution in [1.29, 1.82) is 0 Å². The fourth-order valence-electron chi connectivity index (χ4n) is 6.62. The first-order valence-electron chi connectivity index (χ1n) is 11.0. The van der Waals surface area contributed by atoms with E-state index in [0.717, 1.165) is 50.5 Å². The number of fused-ring (bicyclic) bond motifs is 2. The van der Waals surface area contributed by atoms with Crippen LogP contribution in [-0.2, 0) is 4.79 Å². The van der Waals surface area contributed by atoms with E-state index in [1.54, 1.807) is 18.2 Å². The lowest BCUT2D eigenvalue weighted by Crippen LogP contribution is -2.41. The third-order valence-corrected chi connectivity index (χ3v) is 8.29. The van der Waals surface area contributed by atoms with Gasteiger partial charge in [-0.05, 0) is 72.8 Å². The van der Waals surface area contributed by atoms with Crippen molar-refractivity contribution >= 4 is 5.97 Å². The molecule has 0 heterocycles. The van der Waals surface area contributed by atoms with Crippen molar-refractivity contribution in [3.05, 3.63) is 46.3 Å². The fraction of sp³-hybridized carbons (Fsp3) is 0.625. The molecule has 0 spiro atoms. The minimum atomic E-state index is -1.27. The predicted octanol–water partition coefficient (Wildman–Crippen LogP) is 4.39. The van der Waals surface area contributed by atoms with Gasteiger partial charge in [-0.3, -0.25) is 0 Å². The van der Waals surface area contributed by atoms with Crippen molar-refractivity contribution in [2.45, 2.75) is 75.9 Å². The molecule has 4 unspecified atom stereocenters. The van der Waals surface area contributed by atoms with Gasteiger partial charge in [0, 0.05) is 17.5 Å². The number of aliphatic hydroxyl groups excluding tert-OH is 1. The average Bonchev–Trinajstić information content (AvgIpc) is 3.44. The molecular formula is C24H30FNO3. The zero-order valence-electron chi connectivity index (χ0n) is 16.9. The van der Waals surface area contributed by atoms with Gasteiger partial charge < -0.3 is 15.9 Å². The van der Waals surface area contributed by atoms with Crippen LogP contribution in [0.15, 0.2) is 23.8 Å². The Morgan fingerprint density at radius 1 is 1.24 bits per heavy atom. The van der Waals surface area contributed by atoms with Crippen LogP contribution < -0.4 is 5.73 Å². The Morgan fingerprint density at radius 3 is 2.62 bits per heavy atom. The monoisotopic (exact) mass is 399 g/mol. The van der Waals surface area contributed by atoms with Crippen molar-refractivity contribution in [2.75, 3.05) is 0 Å². The number of carboxylic acids is 1. The molecule has 0 aromatic heterocycles. The third kappa shape index (κ3) is 2.97. The van der Waals surface area contributed by atoms with Gasteiger partial charge in [-0.1, -0.05) is 31.6 Å². The molecule has 4 nitrogen and oxygen atoms in total. The molecule has 1 aromatic rings.